The molecule has 0 spiro atoms. The van der Waals surface area contributed by atoms with Gasteiger partial charge in [0, 0.05) is 30.1 Å². The minimum Gasteiger partial charge on any atom is -0.493 e. The molecule has 0 fully saturated rings. The van der Waals surface area contributed by atoms with Crippen molar-refractivity contribution in [2.45, 2.75) is 6.54 Å². The first-order valence-electron chi connectivity index (χ1n) is 6.04. The van der Waals surface area contributed by atoms with Crippen LogP contribution in [0.2, 0.25) is 0 Å². The van der Waals surface area contributed by atoms with E-state index in [4.69, 9.17) is 0 Å². The maximum absolute atomic E-state index is 11.7. The Kier molecular flexibility index (Phi) is 2.83. The topological polar surface area (TPSA) is 83.3 Å². The summed E-state index contributed by atoms with van der Waals surface area (Å²) in [6, 6.07) is 3.70. The van der Waals surface area contributed by atoms with E-state index in [9.17, 15) is 9.90 Å². The second kappa shape index (κ2) is 4.65. The van der Waals surface area contributed by atoms with E-state index in [-0.39, 0.29) is 11.6 Å². The van der Waals surface area contributed by atoms with Crippen LogP contribution in [0.1, 0.15) is 11.3 Å². The van der Waals surface area contributed by atoms with Crippen LogP contribution in [-0.4, -0.2) is 25.9 Å². The zero-order valence-corrected chi connectivity index (χ0v) is 10.6. The minimum atomic E-state index is -0.379. The Morgan fingerprint density at radius 1 is 1.50 bits per heavy atom. The number of hydrogen-bond acceptors (Lipinski definition) is 4. The fourth-order valence-corrected chi connectivity index (χ4v) is 2.11. The molecule has 6 heteroatoms. The molecule has 2 aromatic rings. The predicted octanol–water partition coefficient (Wildman–Crippen LogP) is 1.72. The Hall–Kier alpha value is -2.89. The number of hydrogen-bond donors (Lipinski definition) is 2. The average molecular weight is 268 g/mol. The number of imidazole rings is 1. The van der Waals surface area contributed by atoms with Gasteiger partial charge in [-0.25, -0.2) is 14.8 Å². The maximum atomic E-state index is 11.7. The lowest BCUT2D eigenvalue weighted by Crippen LogP contribution is -2.16. The monoisotopic (exact) mass is 268 g/mol. The normalized spacial score (nSPS) is 14.7. The smallest absolute Gasteiger partial charge is 0.329 e. The van der Waals surface area contributed by atoms with Crippen LogP contribution in [-0.2, 0) is 6.54 Å². The SMILES string of the molecule is C=CCn1c(/C=C2\C=Nc3ncccc32)c(O)[nH]c1=O. The first-order chi connectivity index (χ1) is 9.70. The van der Waals surface area contributed by atoms with Gasteiger partial charge in [0.15, 0.2) is 5.82 Å². The van der Waals surface area contributed by atoms with E-state index in [1.54, 1.807) is 24.6 Å². The largest absolute Gasteiger partial charge is 0.493 e. The Bertz CT molecular complexity index is 796. The first kappa shape index (κ1) is 12.2. The van der Waals surface area contributed by atoms with Crippen molar-refractivity contribution in [3.05, 3.63) is 52.7 Å². The molecule has 0 aromatic carbocycles. The molecule has 100 valence electrons. The average Bonchev–Trinajstić information content (AvgIpc) is 2.96. The predicted molar refractivity (Wildman–Crippen MR) is 77.2 cm³/mol. The third kappa shape index (κ3) is 1.87. The lowest BCUT2D eigenvalue weighted by atomic mass is 10.1. The van der Waals surface area contributed by atoms with Crippen LogP contribution < -0.4 is 5.69 Å². The minimum absolute atomic E-state index is 0.171. The Morgan fingerprint density at radius 2 is 2.35 bits per heavy atom. The summed E-state index contributed by atoms with van der Waals surface area (Å²) in [5.74, 6) is 0.460. The summed E-state index contributed by atoms with van der Waals surface area (Å²) in [4.78, 5) is 22.4. The molecule has 3 rings (SSSR count). The quantitative estimate of drug-likeness (QED) is 0.831. The van der Waals surface area contributed by atoms with Gasteiger partial charge in [-0.15, -0.1) is 6.58 Å². The molecular formula is C14H12N4O2. The van der Waals surface area contributed by atoms with E-state index in [1.807, 2.05) is 12.1 Å². The summed E-state index contributed by atoms with van der Waals surface area (Å²) < 4.78 is 1.40. The molecule has 1 aliphatic heterocycles. The van der Waals surface area contributed by atoms with Crippen molar-refractivity contribution in [1.82, 2.24) is 14.5 Å². The van der Waals surface area contributed by atoms with Crippen LogP contribution >= 0.6 is 0 Å². The van der Waals surface area contributed by atoms with Crippen molar-refractivity contribution in [3.8, 4) is 5.88 Å². The van der Waals surface area contributed by atoms with Crippen LogP contribution in [0.3, 0.4) is 0 Å². The Balaban J connectivity index is 2.13. The second-order valence-corrected chi connectivity index (χ2v) is 4.30. The fourth-order valence-electron chi connectivity index (χ4n) is 2.11. The number of fused-ring (bicyclic) bond motifs is 1. The molecule has 0 bridgehead atoms. The second-order valence-electron chi connectivity index (χ2n) is 4.30. The molecule has 2 aromatic heterocycles. The highest BCUT2D eigenvalue weighted by atomic mass is 16.3. The summed E-state index contributed by atoms with van der Waals surface area (Å²) in [5, 5.41) is 9.83. The van der Waals surface area contributed by atoms with Gasteiger partial charge in [0.2, 0.25) is 5.88 Å². The summed E-state index contributed by atoms with van der Waals surface area (Å²) >= 11 is 0. The molecule has 2 N–H and O–H groups in total. The van der Waals surface area contributed by atoms with E-state index in [0.29, 0.717) is 18.1 Å². The van der Waals surface area contributed by atoms with Crippen molar-refractivity contribution in [2.75, 3.05) is 0 Å². The number of rotatable bonds is 3. The molecule has 0 amide bonds. The number of aromatic nitrogens is 3. The summed E-state index contributed by atoms with van der Waals surface area (Å²) in [6.45, 7) is 3.91. The van der Waals surface area contributed by atoms with Crippen molar-refractivity contribution < 1.29 is 5.11 Å². The zero-order valence-electron chi connectivity index (χ0n) is 10.6. The summed E-state index contributed by atoms with van der Waals surface area (Å²) in [6.07, 6.45) is 6.62. The van der Waals surface area contributed by atoms with Crippen molar-refractivity contribution in [2.24, 2.45) is 4.99 Å². The number of aliphatic imine (C=N–C) groups is 1. The van der Waals surface area contributed by atoms with Gasteiger partial charge in [0.1, 0.15) is 5.69 Å². The van der Waals surface area contributed by atoms with E-state index in [1.165, 1.54) is 4.57 Å². The van der Waals surface area contributed by atoms with Crippen LogP contribution in [0.5, 0.6) is 5.88 Å². The van der Waals surface area contributed by atoms with Gasteiger partial charge in [-0.2, -0.15) is 0 Å². The van der Waals surface area contributed by atoms with Crippen LogP contribution in [0.4, 0.5) is 5.82 Å². The molecule has 0 saturated heterocycles. The fraction of sp³-hybridized carbons (Fsp3) is 0.0714. The lowest BCUT2D eigenvalue weighted by Gasteiger charge is -2.02. The van der Waals surface area contributed by atoms with E-state index in [0.717, 1.165) is 11.1 Å². The number of nitrogens with one attached hydrogen (secondary N) is 1. The van der Waals surface area contributed by atoms with Gasteiger partial charge >= 0.3 is 5.69 Å². The number of pyridine rings is 1. The van der Waals surface area contributed by atoms with E-state index >= 15 is 0 Å². The molecule has 0 radical (unpaired) electrons. The highest BCUT2D eigenvalue weighted by Crippen LogP contribution is 2.31. The van der Waals surface area contributed by atoms with Crippen LogP contribution in [0, 0.1) is 0 Å². The number of nitrogens with zero attached hydrogens (tertiary/aromatic N) is 3. The van der Waals surface area contributed by atoms with Crippen molar-refractivity contribution in [3.63, 3.8) is 0 Å². The van der Waals surface area contributed by atoms with Crippen molar-refractivity contribution in [1.29, 1.82) is 0 Å². The number of aromatic hydroxyl groups is 1. The summed E-state index contributed by atoms with van der Waals surface area (Å²) in [7, 11) is 0. The summed E-state index contributed by atoms with van der Waals surface area (Å²) in [5.41, 5.74) is 1.68. The standard InChI is InChI=1S/C14H12N4O2/c1-2-6-18-11(13(19)17-14(18)20)7-9-8-16-12-10(9)4-3-5-15-12/h2-5,7-8,19H,1,6H2,(H,17,20)/b9-7+. The van der Waals surface area contributed by atoms with E-state index in [2.05, 4.69) is 21.5 Å². The highest BCUT2D eigenvalue weighted by Gasteiger charge is 2.16. The molecule has 0 saturated carbocycles. The Morgan fingerprint density at radius 3 is 3.15 bits per heavy atom. The number of H-pyrrole nitrogens is 1. The van der Waals surface area contributed by atoms with E-state index < -0.39 is 0 Å². The number of aromatic amines is 1. The van der Waals surface area contributed by atoms with Gasteiger partial charge < -0.3 is 5.11 Å². The van der Waals surface area contributed by atoms with Gasteiger partial charge in [0.05, 0.1) is 0 Å². The molecule has 1 aliphatic rings. The molecule has 0 unspecified atom stereocenters. The molecular weight excluding hydrogens is 256 g/mol. The van der Waals surface area contributed by atoms with Crippen LogP contribution in [0.15, 0.2) is 40.8 Å². The van der Waals surface area contributed by atoms with Crippen molar-refractivity contribution >= 4 is 23.7 Å². The maximum Gasteiger partial charge on any atom is 0.329 e. The van der Waals surface area contributed by atoms with Gasteiger partial charge in [-0.3, -0.25) is 9.55 Å². The lowest BCUT2D eigenvalue weighted by molar-refractivity contribution is 0.453. The third-order valence-electron chi connectivity index (χ3n) is 3.03. The molecule has 20 heavy (non-hydrogen) atoms. The highest BCUT2D eigenvalue weighted by molar-refractivity contribution is 6.20. The molecule has 0 atom stereocenters. The van der Waals surface area contributed by atoms with Gasteiger partial charge in [-0.1, -0.05) is 6.08 Å². The third-order valence-corrected chi connectivity index (χ3v) is 3.03. The zero-order chi connectivity index (χ0) is 14.1. The first-order valence-corrected chi connectivity index (χ1v) is 6.04. The molecule has 3 heterocycles. The molecule has 0 aliphatic carbocycles. The van der Waals surface area contributed by atoms with Gasteiger partial charge in [0.25, 0.3) is 0 Å². The molecule has 6 nitrogen and oxygen atoms in total. The number of allylic oxidation sites excluding steroid dienone is 2. The van der Waals surface area contributed by atoms with Gasteiger partial charge in [-0.05, 0) is 18.2 Å². The van der Waals surface area contributed by atoms with Crippen LogP contribution in [0.25, 0.3) is 11.6 Å². The Labute approximate surface area is 114 Å².